The summed E-state index contributed by atoms with van der Waals surface area (Å²) in [4.78, 5) is 27.7. The van der Waals surface area contributed by atoms with Gasteiger partial charge >= 0.3 is 12.1 Å². The predicted octanol–water partition coefficient (Wildman–Crippen LogP) is 4.08. The number of hydrogen-bond donors (Lipinski definition) is 0. The van der Waals surface area contributed by atoms with Gasteiger partial charge in [0.2, 0.25) is 0 Å². The molecular formula is C20H17F3N2O4. The van der Waals surface area contributed by atoms with Gasteiger partial charge in [-0.15, -0.1) is 0 Å². The van der Waals surface area contributed by atoms with Crippen molar-refractivity contribution in [1.82, 2.24) is 4.98 Å². The smallest absolute Gasteiger partial charge is 0.420 e. The molecule has 0 N–H and O–H groups in total. The molecule has 0 aliphatic carbocycles. The van der Waals surface area contributed by atoms with Gasteiger partial charge in [-0.3, -0.25) is 9.59 Å². The van der Waals surface area contributed by atoms with Crippen molar-refractivity contribution < 1.29 is 32.2 Å². The van der Waals surface area contributed by atoms with Gasteiger partial charge in [-0.2, -0.15) is 18.4 Å². The van der Waals surface area contributed by atoms with Crippen molar-refractivity contribution in [2.45, 2.75) is 32.5 Å². The van der Waals surface area contributed by atoms with E-state index >= 15 is 0 Å². The van der Waals surface area contributed by atoms with E-state index in [-0.39, 0.29) is 19.6 Å². The average molecular weight is 406 g/mol. The summed E-state index contributed by atoms with van der Waals surface area (Å²) in [5.41, 5.74) is -1.92. The Balaban J connectivity index is 2.42. The molecule has 0 radical (unpaired) electrons. The van der Waals surface area contributed by atoms with Crippen molar-refractivity contribution in [1.29, 1.82) is 5.26 Å². The molecule has 0 aliphatic rings. The number of pyridine rings is 1. The molecular weight excluding hydrogens is 389 g/mol. The molecule has 0 spiro atoms. The Bertz CT molecular complexity index is 922. The number of carbonyl (C=O) groups is 2. The van der Waals surface area contributed by atoms with Crippen molar-refractivity contribution in [2.24, 2.45) is 0 Å². The lowest BCUT2D eigenvalue weighted by Crippen LogP contribution is -2.16. The van der Waals surface area contributed by atoms with E-state index in [9.17, 15) is 22.8 Å². The van der Waals surface area contributed by atoms with Gasteiger partial charge in [-0.05, 0) is 18.6 Å². The largest absolute Gasteiger partial charge is 0.486 e. The van der Waals surface area contributed by atoms with E-state index in [0.29, 0.717) is 11.6 Å². The molecule has 29 heavy (non-hydrogen) atoms. The number of benzene rings is 1. The van der Waals surface area contributed by atoms with E-state index in [1.165, 1.54) is 6.07 Å². The zero-order valence-corrected chi connectivity index (χ0v) is 15.5. The number of halogens is 3. The Labute approximate surface area is 164 Å². The molecule has 1 aromatic heterocycles. The van der Waals surface area contributed by atoms with Crippen LogP contribution in [0.2, 0.25) is 0 Å². The van der Waals surface area contributed by atoms with Crippen LogP contribution < -0.4 is 4.74 Å². The molecule has 1 heterocycles. The molecule has 6 nitrogen and oxygen atoms in total. The summed E-state index contributed by atoms with van der Waals surface area (Å²) in [6.07, 6.45) is -5.64. The first-order chi connectivity index (χ1) is 13.8. The predicted molar refractivity (Wildman–Crippen MR) is 94.9 cm³/mol. The molecule has 0 fully saturated rings. The van der Waals surface area contributed by atoms with Gasteiger partial charge in [0.15, 0.2) is 17.2 Å². The number of nitrogens with zero attached hydrogens (tertiary/aromatic N) is 2. The molecule has 0 amide bonds. The quantitative estimate of drug-likeness (QED) is 0.485. The molecule has 1 aromatic carbocycles. The van der Waals surface area contributed by atoms with Crippen molar-refractivity contribution in [3.8, 4) is 11.8 Å². The molecule has 0 atom stereocenters. The van der Waals surface area contributed by atoms with Crippen molar-refractivity contribution in [2.75, 3.05) is 6.61 Å². The highest BCUT2D eigenvalue weighted by molar-refractivity contribution is 5.98. The number of nitriles is 1. The van der Waals surface area contributed by atoms with Crippen LogP contribution in [-0.2, 0) is 22.3 Å². The molecule has 0 aliphatic heterocycles. The minimum atomic E-state index is -4.88. The lowest BCUT2D eigenvalue weighted by Gasteiger charge is -2.17. The molecule has 0 saturated heterocycles. The van der Waals surface area contributed by atoms with Crippen LogP contribution in [0.15, 0.2) is 36.4 Å². The maximum Gasteiger partial charge on any atom is 0.420 e. The van der Waals surface area contributed by atoms with Crippen LogP contribution in [0.5, 0.6) is 5.75 Å². The first kappa shape index (κ1) is 21.9. The Hall–Kier alpha value is -3.41. The molecule has 0 saturated carbocycles. The van der Waals surface area contributed by atoms with E-state index in [1.54, 1.807) is 37.3 Å². The minimum Gasteiger partial charge on any atom is -0.486 e. The first-order valence-corrected chi connectivity index (χ1v) is 8.64. The topological polar surface area (TPSA) is 89.3 Å². The van der Waals surface area contributed by atoms with E-state index < -0.39 is 47.1 Å². The summed E-state index contributed by atoms with van der Waals surface area (Å²) >= 11 is 0. The van der Waals surface area contributed by atoms with Crippen molar-refractivity contribution in [3.05, 3.63) is 58.9 Å². The third kappa shape index (κ3) is 6.04. The molecule has 9 heteroatoms. The van der Waals surface area contributed by atoms with E-state index in [0.717, 1.165) is 0 Å². The second kappa shape index (κ2) is 9.68. The van der Waals surface area contributed by atoms with E-state index in [1.807, 2.05) is 0 Å². The third-order valence-electron chi connectivity index (χ3n) is 3.74. The number of hydrogen-bond acceptors (Lipinski definition) is 6. The number of carbonyl (C=O) groups excluding carboxylic acids is 2. The number of aromatic nitrogens is 1. The second-order valence-electron chi connectivity index (χ2n) is 5.84. The summed E-state index contributed by atoms with van der Waals surface area (Å²) < 4.78 is 50.7. The van der Waals surface area contributed by atoms with E-state index in [4.69, 9.17) is 14.7 Å². The van der Waals surface area contributed by atoms with Crippen molar-refractivity contribution in [3.63, 3.8) is 0 Å². The fourth-order valence-corrected chi connectivity index (χ4v) is 2.43. The van der Waals surface area contributed by atoms with Crippen LogP contribution in [0.25, 0.3) is 0 Å². The maximum absolute atomic E-state index is 13.5. The third-order valence-corrected chi connectivity index (χ3v) is 3.74. The van der Waals surface area contributed by atoms with Gasteiger partial charge < -0.3 is 9.47 Å². The highest BCUT2D eigenvalue weighted by Crippen LogP contribution is 2.39. The summed E-state index contributed by atoms with van der Waals surface area (Å²) in [6, 6.07) is 10.4. The van der Waals surface area contributed by atoms with Crippen LogP contribution >= 0.6 is 0 Å². The first-order valence-electron chi connectivity index (χ1n) is 8.64. The van der Waals surface area contributed by atoms with Crippen LogP contribution in [0.4, 0.5) is 13.2 Å². The van der Waals surface area contributed by atoms with Crippen LogP contribution in [-0.4, -0.2) is 23.3 Å². The second-order valence-corrected chi connectivity index (χ2v) is 5.84. The van der Waals surface area contributed by atoms with Crippen LogP contribution in [0.3, 0.4) is 0 Å². The Morgan fingerprint density at radius 1 is 1.17 bits per heavy atom. The molecule has 152 valence electrons. The number of esters is 1. The highest BCUT2D eigenvalue weighted by Gasteiger charge is 2.38. The number of Topliss-reactive ketones (excluding diaryl/α,β-unsaturated/α-hetero) is 1. The average Bonchev–Trinajstić information content (AvgIpc) is 2.70. The lowest BCUT2D eigenvalue weighted by atomic mass is 10.1. The van der Waals surface area contributed by atoms with Crippen LogP contribution in [0, 0.1) is 11.3 Å². The number of ketones is 1. The maximum atomic E-state index is 13.5. The van der Waals surface area contributed by atoms with Crippen LogP contribution in [0.1, 0.15) is 47.1 Å². The van der Waals surface area contributed by atoms with Gasteiger partial charge in [0.05, 0.1) is 13.0 Å². The summed E-state index contributed by atoms with van der Waals surface area (Å²) in [5, 5.41) is 9.01. The summed E-state index contributed by atoms with van der Waals surface area (Å²) in [6.45, 7) is 1.46. The summed E-state index contributed by atoms with van der Waals surface area (Å²) in [7, 11) is 0. The monoisotopic (exact) mass is 406 g/mol. The number of alkyl halides is 3. The molecule has 2 rings (SSSR count). The van der Waals surface area contributed by atoms with Gasteiger partial charge in [-0.25, -0.2) is 4.98 Å². The Morgan fingerprint density at radius 2 is 1.86 bits per heavy atom. The lowest BCUT2D eigenvalue weighted by molar-refractivity contribution is -0.143. The van der Waals surface area contributed by atoms with Gasteiger partial charge in [0.25, 0.3) is 0 Å². The molecule has 0 bridgehead atoms. The SMILES string of the molecule is CCOC(=O)CCC(=O)c1nc(C#N)cc(C(F)(F)F)c1OCc1ccccc1. The standard InChI is InChI=1S/C20H17F3N2O4/c1-2-28-17(27)9-8-16(26)18-19(29-12-13-6-4-3-5-7-13)15(20(21,22)23)10-14(11-24)25-18/h3-7,10H,2,8-9,12H2,1H3. The Kier molecular flexibility index (Phi) is 7.31. The molecule has 2 aromatic rings. The fourth-order valence-electron chi connectivity index (χ4n) is 2.43. The van der Waals surface area contributed by atoms with Gasteiger partial charge in [0.1, 0.15) is 23.9 Å². The zero-order valence-electron chi connectivity index (χ0n) is 15.5. The van der Waals surface area contributed by atoms with Crippen molar-refractivity contribution >= 4 is 11.8 Å². The fraction of sp³-hybridized carbons (Fsp3) is 0.300. The number of rotatable bonds is 8. The molecule has 0 unspecified atom stereocenters. The zero-order chi connectivity index (χ0) is 21.4. The van der Waals surface area contributed by atoms with E-state index in [2.05, 4.69) is 4.98 Å². The minimum absolute atomic E-state index is 0.110. The normalized spacial score (nSPS) is 10.9. The summed E-state index contributed by atoms with van der Waals surface area (Å²) in [5.74, 6) is -2.29. The highest BCUT2D eigenvalue weighted by atomic mass is 19.4. The number of ether oxygens (including phenoxy) is 2. The van der Waals surface area contributed by atoms with Gasteiger partial charge in [-0.1, -0.05) is 30.3 Å². The van der Waals surface area contributed by atoms with Gasteiger partial charge in [0, 0.05) is 6.42 Å². The Morgan fingerprint density at radius 3 is 2.45 bits per heavy atom.